The first-order valence-corrected chi connectivity index (χ1v) is 35.3. The average Bonchev–Trinajstić information content (AvgIpc) is 1.38. The van der Waals surface area contributed by atoms with E-state index in [1.807, 2.05) is 158 Å². The molecule has 12 atom stereocenters. The van der Waals surface area contributed by atoms with Gasteiger partial charge in [-0.15, -0.1) is 0 Å². The third kappa shape index (κ3) is 16.4. The van der Waals surface area contributed by atoms with E-state index in [4.69, 9.17) is 93.8 Å². The number of aliphatic hydroxyl groups excluding tert-OH is 3. The van der Waals surface area contributed by atoms with Crippen LogP contribution in [-0.2, 0) is 111 Å². The van der Waals surface area contributed by atoms with Gasteiger partial charge in [-0.2, -0.15) is 0 Å². The van der Waals surface area contributed by atoms with Gasteiger partial charge in [0, 0.05) is 36.5 Å². The van der Waals surface area contributed by atoms with Crippen molar-refractivity contribution in [3.63, 3.8) is 0 Å². The van der Waals surface area contributed by atoms with Gasteiger partial charge in [-0.1, -0.05) is 229 Å². The van der Waals surface area contributed by atoms with Gasteiger partial charge in [0.05, 0.1) is 71.5 Å². The quantitative estimate of drug-likeness (QED) is 0.0355. The second-order valence-electron chi connectivity index (χ2n) is 26.3. The molecule has 3 aliphatic heterocycles. The first-order valence-electron chi connectivity index (χ1n) is 39.5. The molecule has 3 saturated heterocycles. The number of fused-ring (bicyclic) bond motifs is 2. The molecule has 3 unspecified atom stereocenters. The fourth-order valence-electron chi connectivity index (χ4n) is 14.3. The molecule has 3 aliphatic rings. The Hall–Kier alpha value is -8.28. The Morgan fingerprint density at radius 2 is 0.840 bits per heavy atom. The molecule has 552 valence electrons. The monoisotopic (exact) mass is 1490 g/mol. The van der Waals surface area contributed by atoms with Crippen molar-refractivity contribution in [2.45, 2.75) is 138 Å². The highest BCUT2D eigenvalue weighted by Crippen LogP contribution is 2.58. The number of rotatable bonds is 33. The fraction of sp³-hybridized carbons (Fsp3) is 0.310. The topological polar surface area (TPSA) is 171 Å². The van der Waals surface area contributed by atoms with Crippen LogP contribution >= 0.6 is 23.2 Å². The summed E-state index contributed by atoms with van der Waals surface area (Å²) in [5, 5.41) is 42.8. The van der Waals surface area contributed by atoms with E-state index in [9.17, 15) is 15.3 Å². The normalized spacial score (nSPS) is 25.9. The van der Waals surface area contributed by atoms with Crippen molar-refractivity contribution < 1.29 is 94.7 Å². The summed E-state index contributed by atoms with van der Waals surface area (Å²) in [5.41, 5.74) is 0.331. The number of halogens is 4. The summed E-state index contributed by atoms with van der Waals surface area (Å²) >= 11 is 14.3. The summed E-state index contributed by atoms with van der Waals surface area (Å²) in [5.74, 6) is -8.17. The van der Waals surface area contributed by atoms with Gasteiger partial charge in [-0.3, -0.25) is 0 Å². The van der Waals surface area contributed by atoms with Crippen molar-refractivity contribution in [1.82, 2.24) is 0 Å². The molecule has 10 aromatic carbocycles. The Bertz CT molecular complexity index is 4910. The molecular weight excluding hydrogens is 1390 g/mol. The summed E-state index contributed by atoms with van der Waals surface area (Å²) in [6, 6.07) is 71.6. The minimum atomic E-state index is -3.28. The molecule has 19 heteroatoms. The van der Waals surface area contributed by atoms with Crippen LogP contribution in [0, 0.1) is 11.6 Å². The Kier molecular flexibility index (Phi) is 20.9. The van der Waals surface area contributed by atoms with Gasteiger partial charge in [-0.05, 0) is 131 Å². The highest BCUT2D eigenvalue weighted by molar-refractivity contribution is 6.31. The van der Waals surface area contributed by atoms with Crippen LogP contribution < -0.4 is 9.47 Å². The van der Waals surface area contributed by atoms with Crippen molar-refractivity contribution in [3.8, 4) is 11.5 Å². The third-order valence-corrected chi connectivity index (χ3v) is 20.3. The molecule has 3 N–H and O–H groups in total. The van der Waals surface area contributed by atoms with E-state index < -0.39 is 135 Å². The van der Waals surface area contributed by atoms with Crippen LogP contribution in [0.5, 0.6) is 11.5 Å². The molecule has 10 aromatic rings. The smallest absolute Gasteiger partial charge is 0.225 e. The Morgan fingerprint density at radius 3 is 1.25 bits per heavy atom. The Labute approximate surface area is 641 Å². The SMILES string of the molecule is [2H]C([2H])([2H])C([2H])([2H])Oc1ccc(Cc2cc([C@]34OC[C@@](C(O)C(O)C5(CO)O[C@@](OC)(c6ccc(Cl)c(Cc7ccc(OC([2H])([2H])C([2H])([2H])[2H])c(F)c7)c6)[C@H](OCc6ccccc6)[C@@H](OCc6ccccc6)[C@H]5OCc5ccccc5)(O3)[C@H](OCc3ccccc3)[C@H](OCc3ccccc3)[C@H]4OCc3ccccc3)ccc2Cl)cc1F. The summed E-state index contributed by atoms with van der Waals surface area (Å²) in [6.45, 7) is -16.0. The van der Waals surface area contributed by atoms with Crippen LogP contribution in [-0.4, -0.2) is 109 Å². The Morgan fingerprint density at radius 1 is 0.453 bits per heavy atom. The van der Waals surface area contributed by atoms with Crippen LogP contribution in [0.1, 0.15) is 94.2 Å². The van der Waals surface area contributed by atoms with Crippen molar-refractivity contribution in [2.75, 3.05) is 33.4 Å². The number of ether oxygens (including phenoxy) is 12. The Balaban J connectivity index is 1.00. The van der Waals surface area contributed by atoms with Gasteiger partial charge in [0.2, 0.25) is 11.6 Å². The molecule has 3 heterocycles. The van der Waals surface area contributed by atoms with Crippen molar-refractivity contribution in [1.29, 1.82) is 0 Å². The van der Waals surface area contributed by atoms with E-state index in [0.29, 0.717) is 44.5 Å². The minimum absolute atomic E-state index is 0.104. The zero-order valence-electron chi connectivity index (χ0n) is 67.7. The molecule has 0 radical (unpaired) electrons. The van der Waals surface area contributed by atoms with Crippen LogP contribution in [0.25, 0.3) is 0 Å². The lowest BCUT2D eigenvalue weighted by atomic mass is 9.71. The van der Waals surface area contributed by atoms with Crippen LogP contribution in [0.2, 0.25) is 10.0 Å². The molecule has 15 nitrogen and oxygen atoms in total. The van der Waals surface area contributed by atoms with Crippen LogP contribution in [0.3, 0.4) is 0 Å². The second kappa shape index (κ2) is 34.7. The lowest BCUT2D eigenvalue weighted by Crippen LogP contribution is -2.79. The second-order valence-corrected chi connectivity index (χ2v) is 27.1. The fourth-order valence-corrected chi connectivity index (χ4v) is 14.7. The van der Waals surface area contributed by atoms with Gasteiger partial charge >= 0.3 is 0 Å². The van der Waals surface area contributed by atoms with E-state index in [1.54, 1.807) is 54.6 Å². The molecule has 106 heavy (non-hydrogen) atoms. The van der Waals surface area contributed by atoms with E-state index in [0.717, 1.165) is 24.3 Å². The maximum absolute atomic E-state index is 16.2. The van der Waals surface area contributed by atoms with E-state index >= 15 is 8.78 Å². The highest BCUT2D eigenvalue weighted by Gasteiger charge is 2.76. The van der Waals surface area contributed by atoms with E-state index in [-0.39, 0.29) is 84.8 Å². The molecular formula is C87H86Cl2F2O15. The number of benzene rings is 10. The zero-order valence-corrected chi connectivity index (χ0v) is 59.2. The highest BCUT2D eigenvalue weighted by atomic mass is 35.5. The molecule has 0 aliphatic carbocycles. The molecule has 0 saturated carbocycles. The number of aliphatic hydroxyl groups is 3. The molecule has 0 spiro atoms. The largest absolute Gasteiger partial charge is 0.491 e. The maximum Gasteiger partial charge on any atom is 0.225 e. The maximum atomic E-state index is 16.2. The van der Waals surface area contributed by atoms with E-state index in [2.05, 4.69) is 0 Å². The summed E-state index contributed by atoms with van der Waals surface area (Å²) in [7, 11) is 1.31. The van der Waals surface area contributed by atoms with Crippen LogP contribution in [0.15, 0.2) is 255 Å². The lowest BCUT2D eigenvalue weighted by Gasteiger charge is -2.60. The first-order chi connectivity index (χ1) is 55.5. The first kappa shape index (κ1) is 63.8. The molecule has 3 fully saturated rings. The van der Waals surface area contributed by atoms with Gasteiger partial charge in [-0.25, -0.2) is 8.78 Å². The van der Waals surface area contributed by atoms with Gasteiger partial charge in [0.25, 0.3) is 0 Å². The lowest BCUT2D eigenvalue weighted by molar-refractivity contribution is -0.434. The molecule has 2 bridgehead atoms. The summed E-state index contributed by atoms with van der Waals surface area (Å²) in [4.78, 5) is 0. The number of methoxy groups -OCH3 is 1. The predicted octanol–water partition coefficient (Wildman–Crippen LogP) is 15.7. The van der Waals surface area contributed by atoms with Gasteiger partial charge in [0.15, 0.2) is 34.3 Å². The van der Waals surface area contributed by atoms with E-state index in [1.165, 1.54) is 25.3 Å². The van der Waals surface area contributed by atoms with Crippen molar-refractivity contribution in [3.05, 3.63) is 343 Å². The van der Waals surface area contributed by atoms with Crippen LogP contribution in [0.4, 0.5) is 8.78 Å². The number of hydrogen-bond donors (Lipinski definition) is 3. The van der Waals surface area contributed by atoms with Gasteiger partial charge < -0.3 is 72.2 Å². The summed E-state index contributed by atoms with van der Waals surface area (Å²) in [6.07, 6.45) is -14.4. The van der Waals surface area contributed by atoms with Gasteiger partial charge in [0.1, 0.15) is 48.8 Å². The number of hydrogen-bond acceptors (Lipinski definition) is 15. The third-order valence-electron chi connectivity index (χ3n) is 19.6. The zero-order chi connectivity index (χ0) is 82.3. The average molecular weight is 1490 g/mol. The molecule has 0 amide bonds. The minimum Gasteiger partial charge on any atom is -0.491 e. The van der Waals surface area contributed by atoms with Crippen molar-refractivity contribution in [2.24, 2.45) is 0 Å². The molecule has 13 rings (SSSR count). The summed E-state index contributed by atoms with van der Waals surface area (Å²) < 4.78 is 194. The predicted molar refractivity (Wildman–Crippen MR) is 397 cm³/mol. The standard InChI is InChI=1S/C87H86Cl2F2O15/c1-4-96-74-42-36-64(46-72(74)90)44-66-48-68(38-40-70(66)88)86(95-3)82(102-54-62-32-20-10-21-33-62)76(98-50-58-24-12-6-13-25-58)80(100-52-60-28-16-8-17-29-60)84(56-92,105-86)78(93)79(94)85-57-104-87(106-85,69-39-41-71(89)67(49-69)45-65-37-43-75(97-5-2)73(91)47-65)83(103-55-63-34-22-11-23-35-63)77(99-51-59-26-14-7-15-27-59)81(85)101-53-61-30-18-9-19-31-61/h6-43,46-49,76-83,92-94H,4-5,44-45,50-57H2,1-3H3/t76-,77-,78?,79?,80+,81+,82+,83+,84?,85-,86-,87-/m0/s1/i1D3,2D3,4D2,5D2. The molecule has 0 aromatic heterocycles. The van der Waals surface area contributed by atoms with Crippen molar-refractivity contribution >= 4 is 23.2 Å².